The minimum atomic E-state index is -0.533. The third-order valence-corrected chi connectivity index (χ3v) is 4.26. The average molecular weight is 316 g/mol. The van der Waals surface area contributed by atoms with Gasteiger partial charge in [-0.15, -0.1) is 0 Å². The molecule has 0 aromatic carbocycles. The van der Waals surface area contributed by atoms with Crippen LogP contribution >= 0.6 is 25.3 Å². The average Bonchev–Trinajstić information content (AvgIpc) is 2.76. The molecule has 2 heterocycles. The second kappa shape index (κ2) is 6.17. The Labute approximate surface area is 127 Å². The maximum absolute atomic E-state index is 11.6. The van der Waals surface area contributed by atoms with Gasteiger partial charge in [-0.25, -0.2) is 0 Å². The number of carbonyl (C=O) groups is 4. The topological polar surface area (TPSA) is 74.8 Å². The van der Waals surface area contributed by atoms with Crippen LogP contribution in [0, 0.1) is 0 Å². The molecule has 0 saturated carbocycles. The van der Waals surface area contributed by atoms with Crippen LogP contribution in [0.3, 0.4) is 0 Å². The third-order valence-electron chi connectivity index (χ3n) is 3.45. The highest BCUT2D eigenvalue weighted by molar-refractivity contribution is 7.82. The molecule has 0 bridgehead atoms. The molecular formula is C12H16N2O4S2. The van der Waals surface area contributed by atoms with Gasteiger partial charge in [0.2, 0.25) is 23.6 Å². The Morgan fingerprint density at radius 1 is 0.800 bits per heavy atom. The first-order chi connectivity index (χ1) is 9.41. The number of amides is 4. The second-order valence-electron chi connectivity index (χ2n) is 4.91. The minimum absolute atomic E-state index is 0.145. The number of nitrogens with zero attached hydrogens (tertiary/aromatic N) is 2. The van der Waals surface area contributed by atoms with Crippen LogP contribution in [0.5, 0.6) is 0 Å². The number of carbonyl (C=O) groups excluding carboxylic acids is 4. The number of hydrogen-bond acceptors (Lipinski definition) is 6. The summed E-state index contributed by atoms with van der Waals surface area (Å²) in [4.78, 5) is 48.7. The Hall–Kier alpha value is -1.02. The molecule has 0 aromatic heterocycles. The molecule has 2 rings (SSSR count). The van der Waals surface area contributed by atoms with Gasteiger partial charge in [0.1, 0.15) is 0 Å². The smallest absolute Gasteiger partial charge is 0.242 e. The van der Waals surface area contributed by atoms with E-state index in [1.54, 1.807) is 0 Å². The maximum atomic E-state index is 11.6. The third kappa shape index (κ3) is 3.01. The van der Waals surface area contributed by atoms with Crippen molar-refractivity contribution in [3.05, 3.63) is 0 Å². The lowest BCUT2D eigenvalue weighted by molar-refractivity contribution is -0.140. The first kappa shape index (κ1) is 15.4. The zero-order valence-corrected chi connectivity index (χ0v) is 12.6. The van der Waals surface area contributed by atoms with E-state index in [0.717, 1.165) is 0 Å². The number of likely N-dealkylation sites (tertiary alicyclic amines) is 2. The molecule has 0 radical (unpaired) electrons. The molecule has 2 fully saturated rings. The highest BCUT2D eigenvalue weighted by Crippen LogP contribution is 2.20. The van der Waals surface area contributed by atoms with Crippen LogP contribution in [0.25, 0.3) is 0 Å². The predicted octanol–water partition coefficient (Wildman–Crippen LogP) is -0.119. The molecule has 0 aromatic rings. The Bertz CT molecular complexity index is 426. The molecule has 2 unspecified atom stereocenters. The zero-order valence-electron chi connectivity index (χ0n) is 10.8. The Balaban J connectivity index is 1.75. The van der Waals surface area contributed by atoms with Crippen LogP contribution in [-0.2, 0) is 19.2 Å². The molecular weight excluding hydrogens is 300 g/mol. The molecule has 0 aliphatic carbocycles. The van der Waals surface area contributed by atoms with E-state index >= 15 is 0 Å². The minimum Gasteiger partial charge on any atom is -0.282 e. The van der Waals surface area contributed by atoms with E-state index in [1.165, 1.54) is 9.80 Å². The summed E-state index contributed by atoms with van der Waals surface area (Å²) < 4.78 is 0. The SMILES string of the molecule is O=C1CC(S)C(=O)N1CCCCN1C(=O)CC(S)C1=O. The fourth-order valence-electron chi connectivity index (χ4n) is 2.34. The summed E-state index contributed by atoms with van der Waals surface area (Å²) >= 11 is 8.07. The van der Waals surface area contributed by atoms with E-state index in [-0.39, 0.29) is 36.5 Å². The van der Waals surface area contributed by atoms with E-state index in [4.69, 9.17) is 0 Å². The highest BCUT2D eigenvalue weighted by Gasteiger charge is 2.37. The van der Waals surface area contributed by atoms with Gasteiger partial charge in [-0.1, -0.05) is 0 Å². The van der Waals surface area contributed by atoms with Gasteiger partial charge in [0, 0.05) is 25.9 Å². The highest BCUT2D eigenvalue weighted by atomic mass is 32.1. The summed E-state index contributed by atoms with van der Waals surface area (Å²) in [7, 11) is 0. The van der Waals surface area contributed by atoms with Crippen molar-refractivity contribution in [3.63, 3.8) is 0 Å². The van der Waals surface area contributed by atoms with Crippen molar-refractivity contribution >= 4 is 48.9 Å². The summed E-state index contributed by atoms with van der Waals surface area (Å²) in [6, 6.07) is 0. The molecule has 2 atom stereocenters. The summed E-state index contributed by atoms with van der Waals surface area (Å²) in [6.45, 7) is 0.629. The van der Waals surface area contributed by atoms with Gasteiger partial charge >= 0.3 is 0 Å². The molecule has 110 valence electrons. The predicted molar refractivity (Wildman–Crippen MR) is 77.5 cm³/mol. The lowest BCUT2D eigenvalue weighted by atomic mass is 10.3. The number of imide groups is 2. The molecule has 2 saturated heterocycles. The van der Waals surface area contributed by atoms with Gasteiger partial charge in [0.15, 0.2) is 0 Å². The van der Waals surface area contributed by atoms with Crippen molar-refractivity contribution in [3.8, 4) is 0 Å². The van der Waals surface area contributed by atoms with Crippen molar-refractivity contribution in [1.29, 1.82) is 0 Å². The van der Waals surface area contributed by atoms with Crippen LogP contribution in [0.4, 0.5) is 0 Å². The van der Waals surface area contributed by atoms with Gasteiger partial charge in [-0.05, 0) is 12.8 Å². The van der Waals surface area contributed by atoms with Crippen LogP contribution in [0.2, 0.25) is 0 Å². The summed E-state index contributed by atoms with van der Waals surface area (Å²) in [5, 5.41) is -1.07. The summed E-state index contributed by atoms with van der Waals surface area (Å²) in [5.41, 5.74) is 0. The lowest BCUT2D eigenvalue weighted by Gasteiger charge is -2.16. The van der Waals surface area contributed by atoms with Crippen LogP contribution in [0.15, 0.2) is 0 Å². The Morgan fingerprint density at radius 3 is 1.40 bits per heavy atom. The number of unbranched alkanes of at least 4 members (excludes halogenated alkanes) is 1. The first-order valence-electron chi connectivity index (χ1n) is 6.46. The van der Waals surface area contributed by atoms with Crippen molar-refractivity contribution in [1.82, 2.24) is 9.80 Å². The van der Waals surface area contributed by atoms with Gasteiger partial charge in [0.05, 0.1) is 10.5 Å². The molecule has 0 spiro atoms. The van der Waals surface area contributed by atoms with Crippen molar-refractivity contribution < 1.29 is 19.2 Å². The number of thiol groups is 2. The van der Waals surface area contributed by atoms with Crippen molar-refractivity contribution in [2.45, 2.75) is 36.2 Å². The van der Waals surface area contributed by atoms with Crippen molar-refractivity contribution in [2.75, 3.05) is 13.1 Å². The Kier molecular flexibility index (Phi) is 4.74. The molecule has 4 amide bonds. The molecule has 8 heteroatoms. The van der Waals surface area contributed by atoms with Crippen LogP contribution < -0.4 is 0 Å². The van der Waals surface area contributed by atoms with Crippen molar-refractivity contribution in [2.24, 2.45) is 0 Å². The Morgan fingerprint density at radius 2 is 1.15 bits per heavy atom. The van der Waals surface area contributed by atoms with E-state index in [2.05, 4.69) is 25.3 Å². The fourth-order valence-corrected chi connectivity index (χ4v) is 2.93. The summed E-state index contributed by atoms with van der Waals surface area (Å²) in [6.07, 6.45) is 1.41. The monoisotopic (exact) mass is 316 g/mol. The fraction of sp³-hybridized carbons (Fsp3) is 0.667. The molecule has 2 aliphatic heterocycles. The van der Waals surface area contributed by atoms with E-state index in [0.29, 0.717) is 25.9 Å². The second-order valence-corrected chi connectivity index (χ2v) is 6.16. The summed E-state index contributed by atoms with van der Waals surface area (Å²) in [5.74, 6) is -0.943. The first-order valence-corrected chi connectivity index (χ1v) is 7.49. The van der Waals surface area contributed by atoms with Crippen LogP contribution in [0.1, 0.15) is 25.7 Å². The number of hydrogen-bond donors (Lipinski definition) is 2. The molecule has 20 heavy (non-hydrogen) atoms. The van der Waals surface area contributed by atoms with Crippen LogP contribution in [-0.4, -0.2) is 57.0 Å². The van der Waals surface area contributed by atoms with E-state index < -0.39 is 10.5 Å². The van der Waals surface area contributed by atoms with Gasteiger partial charge < -0.3 is 0 Å². The van der Waals surface area contributed by atoms with E-state index in [9.17, 15) is 19.2 Å². The maximum Gasteiger partial charge on any atom is 0.242 e. The van der Waals surface area contributed by atoms with Gasteiger partial charge in [-0.3, -0.25) is 29.0 Å². The standard InChI is InChI=1S/C12H16N2O4S2/c15-9-5-7(19)11(17)13(9)3-1-2-4-14-10(16)6-8(20)12(14)18/h7-8,19-20H,1-6H2. The molecule has 6 nitrogen and oxygen atoms in total. The normalized spacial score (nSPS) is 27.1. The quantitative estimate of drug-likeness (QED) is 0.421. The molecule has 2 aliphatic rings. The largest absolute Gasteiger partial charge is 0.282 e. The zero-order chi connectivity index (χ0) is 14.9. The van der Waals surface area contributed by atoms with E-state index in [1.807, 2.05) is 0 Å². The lowest BCUT2D eigenvalue weighted by Crippen LogP contribution is -2.34. The molecule has 0 N–H and O–H groups in total. The number of rotatable bonds is 5. The van der Waals surface area contributed by atoms with Gasteiger partial charge in [-0.2, -0.15) is 25.3 Å². The van der Waals surface area contributed by atoms with Gasteiger partial charge in [0.25, 0.3) is 0 Å².